The summed E-state index contributed by atoms with van der Waals surface area (Å²) in [6.45, 7) is 0. The molecule has 2 N–H and O–H groups in total. The Bertz CT molecular complexity index is 816. The number of thioether (sulfide) groups is 1. The van der Waals surface area contributed by atoms with Gasteiger partial charge in [-0.2, -0.15) is 5.26 Å². The number of benzene rings is 2. The molecule has 0 heterocycles. The van der Waals surface area contributed by atoms with E-state index in [1.54, 1.807) is 36.4 Å². The number of hydrogen-bond acceptors (Lipinski definition) is 4. The number of aliphatic imine (C=N–C) groups is 1. The molecule has 0 saturated heterocycles. The highest BCUT2D eigenvalue weighted by Crippen LogP contribution is 2.23. The molecule has 8 heteroatoms. The first kappa shape index (κ1) is 18.1. The Morgan fingerprint density at radius 2 is 1.92 bits per heavy atom. The number of nitriles is 1. The van der Waals surface area contributed by atoms with Crippen LogP contribution in [0.4, 0.5) is 11.4 Å². The van der Waals surface area contributed by atoms with Crippen molar-refractivity contribution >= 4 is 57.4 Å². The van der Waals surface area contributed by atoms with Gasteiger partial charge in [-0.3, -0.25) is 10.1 Å². The number of carbonyl (C=O) groups is 1. The predicted molar refractivity (Wildman–Crippen MR) is 100 cm³/mol. The molecule has 0 atom stereocenters. The van der Waals surface area contributed by atoms with Crippen LogP contribution in [-0.4, -0.2) is 17.3 Å². The van der Waals surface area contributed by atoms with Gasteiger partial charge in [0.15, 0.2) is 11.4 Å². The first-order chi connectivity index (χ1) is 11.5. The highest BCUT2D eigenvalue weighted by atomic mass is 35.5. The summed E-state index contributed by atoms with van der Waals surface area (Å²) in [6, 6.07) is 11.6. The molecule has 1 amide bonds. The van der Waals surface area contributed by atoms with Crippen LogP contribution in [0, 0.1) is 11.5 Å². The van der Waals surface area contributed by atoms with E-state index in [-0.39, 0.29) is 10.9 Å². The number of carbonyl (C=O) groups excluding carboxylic acids is 1. The normalized spacial score (nSPS) is 10.8. The molecular formula is C16H12Cl2N4OS. The lowest BCUT2D eigenvalue weighted by atomic mass is 10.2. The molecule has 122 valence electrons. The first-order valence-electron chi connectivity index (χ1n) is 6.67. The topological polar surface area (TPSA) is 77.3 Å². The maximum Gasteiger partial charge on any atom is 0.257 e. The van der Waals surface area contributed by atoms with E-state index in [1.165, 1.54) is 17.8 Å². The Labute approximate surface area is 153 Å². The summed E-state index contributed by atoms with van der Waals surface area (Å²) in [5, 5.41) is 15.1. The Kier molecular flexibility index (Phi) is 6.50. The van der Waals surface area contributed by atoms with E-state index in [0.717, 1.165) is 0 Å². The molecule has 0 aliphatic rings. The lowest BCUT2D eigenvalue weighted by molar-refractivity contribution is 0.102. The molecule has 0 fully saturated rings. The molecule has 0 spiro atoms. The van der Waals surface area contributed by atoms with Crippen LogP contribution in [0.15, 0.2) is 47.5 Å². The molecule has 2 aromatic carbocycles. The zero-order valence-electron chi connectivity index (χ0n) is 12.5. The van der Waals surface area contributed by atoms with Crippen molar-refractivity contribution in [3.8, 4) is 6.19 Å². The second kappa shape index (κ2) is 8.60. The van der Waals surface area contributed by atoms with Crippen molar-refractivity contribution in [3.63, 3.8) is 0 Å². The van der Waals surface area contributed by atoms with Gasteiger partial charge in [-0.1, -0.05) is 35.0 Å². The molecular weight excluding hydrogens is 367 g/mol. The fourth-order valence-corrected chi connectivity index (χ4v) is 2.62. The van der Waals surface area contributed by atoms with Gasteiger partial charge in [-0.15, -0.1) is 0 Å². The maximum absolute atomic E-state index is 12.2. The summed E-state index contributed by atoms with van der Waals surface area (Å²) >= 11 is 13.2. The number of nitrogens with zero attached hydrogens (tertiary/aromatic N) is 2. The number of rotatable bonds is 3. The fourth-order valence-electron chi connectivity index (χ4n) is 1.78. The molecule has 0 aliphatic carbocycles. The first-order valence-corrected chi connectivity index (χ1v) is 8.66. The van der Waals surface area contributed by atoms with E-state index in [4.69, 9.17) is 28.5 Å². The highest BCUT2D eigenvalue weighted by Gasteiger charge is 2.11. The maximum atomic E-state index is 12.2. The van der Waals surface area contributed by atoms with Crippen LogP contribution in [0.5, 0.6) is 0 Å². The van der Waals surface area contributed by atoms with E-state index in [0.29, 0.717) is 27.1 Å². The number of nitrogens with one attached hydrogen (secondary N) is 2. The zero-order chi connectivity index (χ0) is 17.5. The van der Waals surface area contributed by atoms with Gasteiger partial charge in [-0.25, -0.2) is 4.99 Å². The van der Waals surface area contributed by atoms with Gasteiger partial charge >= 0.3 is 0 Å². The minimum atomic E-state index is -0.330. The summed E-state index contributed by atoms with van der Waals surface area (Å²) in [5.41, 5.74) is 1.60. The van der Waals surface area contributed by atoms with Crippen molar-refractivity contribution in [1.29, 1.82) is 5.26 Å². The summed E-state index contributed by atoms with van der Waals surface area (Å²) < 4.78 is 0. The summed E-state index contributed by atoms with van der Waals surface area (Å²) in [7, 11) is 0. The molecule has 0 saturated carbocycles. The van der Waals surface area contributed by atoms with E-state index in [1.807, 2.05) is 12.4 Å². The minimum Gasteiger partial charge on any atom is -0.322 e. The van der Waals surface area contributed by atoms with Gasteiger partial charge in [-0.05, 0) is 48.7 Å². The Morgan fingerprint density at radius 3 is 2.50 bits per heavy atom. The SMILES string of the molecule is CSC(=Nc1ccc(NC(=O)c2ccc(Cl)cc2Cl)cc1)NC#N. The number of halogens is 2. The molecule has 0 aromatic heterocycles. The van der Waals surface area contributed by atoms with Gasteiger partial charge in [0.2, 0.25) is 0 Å². The van der Waals surface area contributed by atoms with Gasteiger partial charge in [0.25, 0.3) is 5.91 Å². The summed E-state index contributed by atoms with van der Waals surface area (Å²) in [5.74, 6) is -0.330. The van der Waals surface area contributed by atoms with Crippen LogP contribution >= 0.6 is 35.0 Å². The van der Waals surface area contributed by atoms with Crippen LogP contribution in [0.1, 0.15) is 10.4 Å². The average molecular weight is 379 g/mol. The van der Waals surface area contributed by atoms with E-state index < -0.39 is 0 Å². The molecule has 0 radical (unpaired) electrons. The van der Waals surface area contributed by atoms with E-state index in [9.17, 15) is 4.79 Å². The number of amides is 1. The highest BCUT2D eigenvalue weighted by molar-refractivity contribution is 8.13. The second-order valence-corrected chi connectivity index (χ2v) is 6.12. The van der Waals surface area contributed by atoms with Crippen LogP contribution in [0.25, 0.3) is 0 Å². The summed E-state index contributed by atoms with van der Waals surface area (Å²) in [4.78, 5) is 16.5. The fraction of sp³-hybridized carbons (Fsp3) is 0.0625. The Morgan fingerprint density at radius 1 is 1.21 bits per heavy atom. The van der Waals surface area contributed by atoms with Crippen molar-refractivity contribution in [2.75, 3.05) is 11.6 Å². The Hall–Kier alpha value is -2.20. The van der Waals surface area contributed by atoms with E-state index in [2.05, 4.69) is 15.6 Å². The van der Waals surface area contributed by atoms with Crippen LogP contribution in [-0.2, 0) is 0 Å². The van der Waals surface area contributed by atoms with Crippen molar-refractivity contribution in [3.05, 3.63) is 58.1 Å². The number of hydrogen-bond donors (Lipinski definition) is 2. The van der Waals surface area contributed by atoms with Crippen LogP contribution in [0.2, 0.25) is 10.0 Å². The molecule has 0 bridgehead atoms. The monoisotopic (exact) mass is 378 g/mol. The quantitative estimate of drug-likeness (QED) is 0.352. The Balaban J connectivity index is 2.11. The number of amidine groups is 1. The van der Waals surface area contributed by atoms with Gasteiger partial charge in [0, 0.05) is 10.7 Å². The van der Waals surface area contributed by atoms with Crippen molar-refractivity contribution < 1.29 is 4.79 Å². The van der Waals surface area contributed by atoms with Gasteiger partial charge in [0.05, 0.1) is 16.3 Å². The van der Waals surface area contributed by atoms with Crippen molar-refractivity contribution in [2.24, 2.45) is 4.99 Å². The van der Waals surface area contributed by atoms with Crippen molar-refractivity contribution in [1.82, 2.24) is 5.32 Å². The molecule has 24 heavy (non-hydrogen) atoms. The third-order valence-electron chi connectivity index (χ3n) is 2.89. The minimum absolute atomic E-state index is 0.286. The molecule has 0 unspecified atom stereocenters. The van der Waals surface area contributed by atoms with Crippen LogP contribution in [0.3, 0.4) is 0 Å². The van der Waals surface area contributed by atoms with Crippen molar-refractivity contribution in [2.45, 2.75) is 0 Å². The van der Waals surface area contributed by atoms with E-state index >= 15 is 0 Å². The largest absolute Gasteiger partial charge is 0.322 e. The third kappa shape index (κ3) is 4.90. The van der Waals surface area contributed by atoms with Crippen LogP contribution < -0.4 is 10.6 Å². The lowest BCUT2D eigenvalue weighted by Gasteiger charge is -2.07. The third-order valence-corrected chi connectivity index (χ3v) is 4.02. The smallest absolute Gasteiger partial charge is 0.257 e. The molecule has 2 rings (SSSR count). The lowest BCUT2D eigenvalue weighted by Crippen LogP contribution is -2.13. The number of anilines is 1. The second-order valence-electron chi connectivity index (χ2n) is 4.48. The van der Waals surface area contributed by atoms with Gasteiger partial charge < -0.3 is 5.32 Å². The standard InChI is InChI=1S/C16H12Cl2N4OS/c1-24-16(20-9-19)22-12-5-3-11(4-6-12)21-15(23)13-7-2-10(17)8-14(13)18/h2-8H,1H3,(H,20,22)(H,21,23). The predicted octanol–water partition coefficient (Wildman–Crippen LogP) is 4.67. The molecule has 0 aliphatic heterocycles. The molecule has 5 nitrogen and oxygen atoms in total. The average Bonchev–Trinajstić information content (AvgIpc) is 2.56. The summed E-state index contributed by atoms with van der Waals surface area (Å²) in [6.07, 6.45) is 3.64. The zero-order valence-corrected chi connectivity index (χ0v) is 14.8. The molecule has 2 aromatic rings. The van der Waals surface area contributed by atoms with Gasteiger partial charge in [0.1, 0.15) is 0 Å².